The van der Waals surface area contributed by atoms with Gasteiger partial charge in [0.05, 0.1) is 25.2 Å². The van der Waals surface area contributed by atoms with Crippen LogP contribution in [0.15, 0.2) is 109 Å². The van der Waals surface area contributed by atoms with Gasteiger partial charge in [0.2, 0.25) is 5.91 Å². The normalized spacial score (nSPS) is 14.2. The molecule has 6 nitrogen and oxygen atoms in total. The van der Waals surface area contributed by atoms with Crippen molar-refractivity contribution in [3.8, 4) is 0 Å². The molecule has 0 aliphatic carbocycles. The molecule has 0 saturated heterocycles. The first-order valence-corrected chi connectivity index (χ1v) is 25.7. The van der Waals surface area contributed by atoms with Gasteiger partial charge in [-0.25, -0.2) is 0 Å². The number of carbonyl (C=O) groups is 2. The van der Waals surface area contributed by atoms with Crippen LogP contribution in [0.1, 0.15) is 213 Å². The molecule has 0 radical (unpaired) electrons. The summed E-state index contributed by atoms with van der Waals surface area (Å²) < 4.78 is 5.81. The minimum atomic E-state index is -0.830. The van der Waals surface area contributed by atoms with Crippen LogP contribution in [0.25, 0.3) is 0 Å². The fourth-order valence-electron chi connectivity index (χ4n) is 7.07. The highest BCUT2D eigenvalue weighted by molar-refractivity contribution is 5.78. The van der Waals surface area contributed by atoms with Gasteiger partial charge >= 0.3 is 5.97 Å². The Kier molecular flexibility index (Phi) is 46.8. The SMILES string of the molecule is CC/C=C\C/C=C\C/C=C\C/C=C\C/C=C\C/C=C\C(CC(=O)NC(CO)C(O)CCCCCCCCCCCCCCCC)OC(=O)CCCCCCC\C=C/C=C/C=C/CC. The van der Waals surface area contributed by atoms with E-state index in [1.54, 1.807) is 6.08 Å². The Labute approximate surface area is 388 Å². The maximum Gasteiger partial charge on any atom is 0.306 e. The minimum Gasteiger partial charge on any atom is -0.458 e. The smallest absolute Gasteiger partial charge is 0.306 e. The second-order valence-corrected chi connectivity index (χ2v) is 16.9. The Morgan fingerprint density at radius 1 is 0.508 bits per heavy atom. The first-order valence-electron chi connectivity index (χ1n) is 25.7. The van der Waals surface area contributed by atoms with E-state index in [1.165, 1.54) is 70.6 Å². The lowest BCUT2D eigenvalue weighted by Crippen LogP contribution is -2.46. The molecule has 0 rings (SSSR count). The van der Waals surface area contributed by atoms with Gasteiger partial charge in [0.25, 0.3) is 0 Å². The maximum atomic E-state index is 13.2. The third-order valence-corrected chi connectivity index (χ3v) is 10.9. The average Bonchev–Trinajstić information content (AvgIpc) is 3.28. The number of carbonyl (C=O) groups excluding carboxylic acids is 2. The van der Waals surface area contributed by atoms with E-state index in [4.69, 9.17) is 4.74 Å². The molecule has 0 aromatic heterocycles. The second-order valence-electron chi connectivity index (χ2n) is 16.9. The second kappa shape index (κ2) is 49.5. The summed E-state index contributed by atoms with van der Waals surface area (Å²) in [7, 11) is 0. The fraction of sp³-hybridized carbons (Fsp3) is 0.649. The fourth-order valence-corrected chi connectivity index (χ4v) is 7.07. The average molecular weight is 874 g/mol. The number of esters is 1. The zero-order valence-corrected chi connectivity index (χ0v) is 40.7. The van der Waals surface area contributed by atoms with Gasteiger partial charge in [-0.1, -0.05) is 233 Å². The molecule has 0 heterocycles. The number of aliphatic hydroxyl groups is 2. The van der Waals surface area contributed by atoms with Gasteiger partial charge in [-0.3, -0.25) is 9.59 Å². The standard InChI is InChI=1S/C57H95NO5/c1-4-7-10-13-16-19-22-25-27-28-29-31-33-36-39-42-45-48-53(63-57(62)50-47-44-41-38-35-30-24-21-18-15-12-9-6-3)51-56(61)58-54(52-59)55(60)49-46-43-40-37-34-32-26-23-20-17-14-11-8-5-2/h7,9-10,12,15-16,18-19,21,24-25,27,29,31,36,39,45,48,53-55,59-60H,4-6,8,11,13-14,17,20,22-23,26,28,30,32-35,37-38,40-44,46-47,49-52H2,1-3H3,(H,58,61)/b10-7-,12-9+,18-15+,19-16-,24-21-,27-25-,31-29-,39-36-,48-45-. The number of rotatable bonds is 44. The molecule has 0 spiro atoms. The molecule has 0 bridgehead atoms. The molecule has 3 N–H and O–H groups in total. The summed E-state index contributed by atoms with van der Waals surface area (Å²) in [4.78, 5) is 26.1. The summed E-state index contributed by atoms with van der Waals surface area (Å²) in [5, 5.41) is 23.7. The van der Waals surface area contributed by atoms with E-state index in [2.05, 4.69) is 123 Å². The van der Waals surface area contributed by atoms with Crippen molar-refractivity contribution in [2.75, 3.05) is 6.61 Å². The summed E-state index contributed by atoms with van der Waals surface area (Å²) >= 11 is 0. The quantitative estimate of drug-likeness (QED) is 0.0245. The van der Waals surface area contributed by atoms with Gasteiger partial charge in [-0.15, -0.1) is 0 Å². The third kappa shape index (κ3) is 44.9. The Bertz CT molecular complexity index is 1300. The number of aliphatic hydroxyl groups excluding tert-OH is 2. The predicted molar refractivity (Wildman–Crippen MR) is 273 cm³/mol. The number of allylic oxidation sites excluding steroid dienone is 17. The Balaban J connectivity index is 4.81. The Morgan fingerprint density at radius 3 is 1.46 bits per heavy atom. The van der Waals surface area contributed by atoms with E-state index in [9.17, 15) is 19.8 Å². The molecule has 0 aliphatic heterocycles. The van der Waals surface area contributed by atoms with Crippen molar-refractivity contribution in [3.05, 3.63) is 109 Å². The van der Waals surface area contributed by atoms with Crippen LogP contribution in [0.4, 0.5) is 0 Å². The molecular formula is C57H95NO5. The lowest BCUT2D eigenvalue weighted by Gasteiger charge is -2.23. The first kappa shape index (κ1) is 59.5. The monoisotopic (exact) mass is 874 g/mol. The molecule has 3 atom stereocenters. The number of ether oxygens (including phenoxy) is 1. The molecule has 0 aliphatic rings. The molecule has 6 heteroatoms. The van der Waals surface area contributed by atoms with Gasteiger partial charge in [0.15, 0.2) is 0 Å². The van der Waals surface area contributed by atoms with Gasteiger partial charge in [0, 0.05) is 6.42 Å². The van der Waals surface area contributed by atoms with Crippen LogP contribution in [0.2, 0.25) is 0 Å². The molecule has 0 aromatic rings. The molecular weight excluding hydrogens is 779 g/mol. The van der Waals surface area contributed by atoms with Crippen molar-refractivity contribution in [2.24, 2.45) is 0 Å². The Hall–Kier alpha value is -3.48. The van der Waals surface area contributed by atoms with Crippen LogP contribution in [0.5, 0.6) is 0 Å². The molecule has 0 fully saturated rings. The van der Waals surface area contributed by atoms with Gasteiger partial charge in [-0.2, -0.15) is 0 Å². The van der Waals surface area contributed by atoms with E-state index in [0.717, 1.165) is 96.3 Å². The van der Waals surface area contributed by atoms with Crippen molar-refractivity contribution < 1.29 is 24.5 Å². The van der Waals surface area contributed by atoms with Crippen LogP contribution in [-0.2, 0) is 14.3 Å². The van der Waals surface area contributed by atoms with Crippen molar-refractivity contribution in [3.63, 3.8) is 0 Å². The molecule has 0 aromatic carbocycles. The van der Waals surface area contributed by atoms with E-state index in [0.29, 0.717) is 19.3 Å². The summed E-state index contributed by atoms with van der Waals surface area (Å²) in [6.07, 6.45) is 67.5. The summed E-state index contributed by atoms with van der Waals surface area (Å²) in [6, 6.07) is -0.754. The molecule has 3 unspecified atom stereocenters. The van der Waals surface area contributed by atoms with E-state index in [-0.39, 0.29) is 24.9 Å². The lowest BCUT2D eigenvalue weighted by molar-refractivity contribution is -0.148. The van der Waals surface area contributed by atoms with Crippen LogP contribution >= 0.6 is 0 Å². The first-order chi connectivity index (χ1) is 31.0. The van der Waals surface area contributed by atoms with Crippen LogP contribution < -0.4 is 5.32 Å². The van der Waals surface area contributed by atoms with Crippen molar-refractivity contribution in [2.45, 2.75) is 232 Å². The Morgan fingerprint density at radius 2 is 0.952 bits per heavy atom. The van der Waals surface area contributed by atoms with Gasteiger partial charge < -0.3 is 20.3 Å². The zero-order chi connectivity index (χ0) is 45.9. The van der Waals surface area contributed by atoms with Crippen molar-refractivity contribution in [1.29, 1.82) is 0 Å². The van der Waals surface area contributed by atoms with Crippen molar-refractivity contribution in [1.82, 2.24) is 5.32 Å². The highest BCUT2D eigenvalue weighted by Gasteiger charge is 2.23. The topological polar surface area (TPSA) is 95.9 Å². The molecule has 358 valence electrons. The van der Waals surface area contributed by atoms with E-state index < -0.39 is 18.2 Å². The summed E-state index contributed by atoms with van der Waals surface area (Å²) in [5.74, 6) is -0.663. The highest BCUT2D eigenvalue weighted by Crippen LogP contribution is 2.16. The largest absolute Gasteiger partial charge is 0.458 e. The number of hydrogen-bond donors (Lipinski definition) is 3. The number of amides is 1. The van der Waals surface area contributed by atoms with Gasteiger partial charge in [-0.05, 0) is 76.7 Å². The number of unbranched alkanes of at least 4 members (excludes halogenated alkanes) is 18. The lowest BCUT2D eigenvalue weighted by atomic mass is 10.0. The van der Waals surface area contributed by atoms with E-state index in [1.807, 2.05) is 6.08 Å². The molecule has 63 heavy (non-hydrogen) atoms. The zero-order valence-electron chi connectivity index (χ0n) is 40.7. The maximum absolute atomic E-state index is 13.2. The summed E-state index contributed by atoms with van der Waals surface area (Å²) in [5.41, 5.74) is 0. The number of hydrogen-bond acceptors (Lipinski definition) is 5. The predicted octanol–water partition coefficient (Wildman–Crippen LogP) is 15.5. The van der Waals surface area contributed by atoms with Crippen LogP contribution in [0.3, 0.4) is 0 Å². The molecule has 0 saturated carbocycles. The van der Waals surface area contributed by atoms with Crippen LogP contribution in [-0.4, -0.2) is 46.9 Å². The minimum absolute atomic E-state index is 0.0619. The number of nitrogens with one attached hydrogen (secondary N) is 1. The summed E-state index contributed by atoms with van der Waals surface area (Å²) in [6.45, 7) is 6.19. The molecule has 1 amide bonds. The van der Waals surface area contributed by atoms with Crippen molar-refractivity contribution >= 4 is 11.9 Å². The van der Waals surface area contributed by atoms with E-state index >= 15 is 0 Å². The van der Waals surface area contributed by atoms with Gasteiger partial charge in [0.1, 0.15) is 6.10 Å². The third-order valence-electron chi connectivity index (χ3n) is 10.9. The van der Waals surface area contributed by atoms with Crippen LogP contribution in [0, 0.1) is 0 Å². The highest BCUT2D eigenvalue weighted by atomic mass is 16.5.